The van der Waals surface area contributed by atoms with E-state index in [1.165, 1.54) is 4.68 Å². The number of hydrogen-bond acceptors (Lipinski definition) is 4. The molecule has 0 unspecified atom stereocenters. The Labute approximate surface area is 200 Å². The molecule has 0 aliphatic carbocycles. The van der Waals surface area contributed by atoms with Crippen molar-refractivity contribution in [1.29, 1.82) is 0 Å². The minimum absolute atomic E-state index is 0.00162. The molecule has 1 heterocycles. The Hall–Kier alpha value is -1.89. The van der Waals surface area contributed by atoms with E-state index >= 15 is 0 Å². The second-order valence-electron chi connectivity index (χ2n) is 8.81. The summed E-state index contributed by atoms with van der Waals surface area (Å²) in [4.78, 5) is 17.8. The van der Waals surface area contributed by atoms with Crippen molar-refractivity contribution in [2.45, 2.75) is 40.5 Å². The number of rotatable bonds is 5. The topological polar surface area (TPSA) is 56.5 Å². The zero-order chi connectivity index (χ0) is 22.9. The van der Waals surface area contributed by atoms with Crippen LogP contribution in [-0.4, -0.2) is 22.5 Å². The summed E-state index contributed by atoms with van der Waals surface area (Å²) >= 11 is 16.2. The van der Waals surface area contributed by atoms with Crippen LogP contribution in [0, 0.1) is 5.41 Å². The van der Waals surface area contributed by atoms with Crippen molar-refractivity contribution >= 4 is 56.2 Å². The lowest BCUT2D eigenvalue weighted by Crippen LogP contribution is -2.23. The highest BCUT2D eigenvalue weighted by Crippen LogP contribution is 2.35. The van der Waals surface area contributed by atoms with Gasteiger partial charge in [0.05, 0.1) is 33.8 Å². The molecular formula is C23H24BrCl2N3O2. The summed E-state index contributed by atoms with van der Waals surface area (Å²) < 4.78 is 7.93. The standard InChI is InChI=1S/C23H24BrCl2N3O2/c1-13(2)21-28-19-7-6-15(24)10-16(19)22(30)29(21)27-11-14-8-17(25)20(18(26)9-14)31-12-23(3,4)5/h6-11,13H,12H2,1-5H3. The van der Waals surface area contributed by atoms with Gasteiger partial charge in [-0.15, -0.1) is 0 Å². The van der Waals surface area contributed by atoms with E-state index in [2.05, 4.69) is 46.8 Å². The minimum atomic E-state index is -0.242. The summed E-state index contributed by atoms with van der Waals surface area (Å²) in [5.41, 5.74) is 1.01. The molecule has 0 bridgehead atoms. The van der Waals surface area contributed by atoms with Gasteiger partial charge in [0.2, 0.25) is 0 Å². The predicted molar refractivity (Wildman–Crippen MR) is 132 cm³/mol. The third-order valence-corrected chi connectivity index (χ3v) is 5.40. The molecule has 0 spiro atoms. The summed E-state index contributed by atoms with van der Waals surface area (Å²) in [5, 5.41) is 5.67. The summed E-state index contributed by atoms with van der Waals surface area (Å²) in [6.45, 7) is 10.6. The molecule has 0 N–H and O–H groups in total. The van der Waals surface area contributed by atoms with E-state index in [0.717, 1.165) is 4.47 Å². The average Bonchev–Trinajstić information content (AvgIpc) is 2.65. The molecule has 164 valence electrons. The van der Waals surface area contributed by atoms with E-state index in [0.29, 0.717) is 44.7 Å². The molecule has 0 saturated carbocycles. The fourth-order valence-corrected chi connectivity index (χ4v) is 3.83. The Morgan fingerprint density at radius 1 is 1.19 bits per heavy atom. The van der Waals surface area contributed by atoms with Gasteiger partial charge in [-0.05, 0) is 41.3 Å². The van der Waals surface area contributed by atoms with E-state index in [4.69, 9.17) is 27.9 Å². The maximum absolute atomic E-state index is 13.1. The van der Waals surface area contributed by atoms with E-state index in [1.807, 2.05) is 26.0 Å². The normalized spacial score (nSPS) is 12.3. The van der Waals surface area contributed by atoms with Gasteiger partial charge in [0.1, 0.15) is 5.82 Å². The highest BCUT2D eigenvalue weighted by atomic mass is 79.9. The third-order valence-electron chi connectivity index (χ3n) is 4.34. The van der Waals surface area contributed by atoms with Crippen LogP contribution in [0.3, 0.4) is 0 Å². The van der Waals surface area contributed by atoms with Gasteiger partial charge in [-0.25, -0.2) is 4.98 Å². The zero-order valence-corrected chi connectivity index (χ0v) is 21.1. The van der Waals surface area contributed by atoms with Gasteiger partial charge in [-0.1, -0.05) is 73.8 Å². The van der Waals surface area contributed by atoms with Crippen LogP contribution >= 0.6 is 39.1 Å². The largest absolute Gasteiger partial charge is 0.490 e. The van der Waals surface area contributed by atoms with Crippen molar-refractivity contribution in [2.75, 3.05) is 6.61 Å². The molecule has 31 heavy (non-hydrogen) atoms. The van der Waals surface area contributed by atoms with Crippen molar-refractivity contribution in [2.24, 2.45) is 10.5 Å². The van der Waals surface area contributed by atoms with Crippen molar-refractivity contribution in [3.63, 3.8) is 0 Å². The molecule has 0 aliphatic heterocycles. The van der Waals surface area contributed by atoms with Crippen LogP contribution in [0.25, 0.3) is 10.9 Å². The third kappa shape index (κ3) is 5.68. The second-order valence-corrected chi connectivity index (χ2v) is 10.5. The highest BCUT2D eigenvalue weighted by molar-refractivity contribution is 9.10. The Balaban J connectivity index is 2.02. The molecule has 8 heteroatoms. The first kappa shape index (κ1) is 23.8. The Kier molecular flexibility index (Phi) is 7.14. The van der Waals surface area contributed by atoms with Crippen LogP contribution in [0.4, 0.5) is 0 Å². The van der Waals surface area contributed by atoms with Crippen molar-refractivity contribution < 1.29 is 4.74 Å². The molecule has 1 aromatic heterocycles. The van der Waals surface area contributed by atoms with Gasteiger partial charge in [0.25, 0.3) is 5.56 Å². The maximum atomic E-state index is 13.1. The zero-order valence-electron chi connectivity index (χ0n) is 18.0. The minimum Gasteiger partial charge on any atom is -0.490 e. The van der Waals surface area contributed by atoms with Gasteiger partial charge >= 0.3 is 0 Å². The van der Waals surface area contributed by atoms with Crippen LogP contribution < -0.4 is 10.3 Å². The lowest BCUT2D eigenvalue weighted by atomic mass is 9.99. The predicted octanol–water partition coefficient (Wildman–Crippen LogP) is 6.90. The summed E-state index contributed by atoms with van der Waals surface area (Å²) in [5.74, 6) is 1.00. The van der Waals surface area contributed by atoms with Crippen LogP contribution in [0.2, 0.25) is 10.0 Å². The number of halogens is 3. The molecule has 3 aromatic rings. The van der Waals surface area contributed by atoms with Crippen LogP contribution in [0.1, 0.15) is 51.9 Å². The Morgan fingerprint density at radius 2 is 1.84 bits per heavy atom. The van der Waals surface area contributed by atoms with Gasteiger partial charge in [-0.2, -0.15) is 9.78 Å². The first-order chi connectivity index (χ1) is 14.5. The molecular weight excluding hydrogens is 501 g/mol. The summed E-state index contributed by atoms with van der Waals surface area (Å²) in [7, 11) is 0. The SMILES string of the molecule is CC(C)c1nc2ccc(Br)cc2c(=O)n1N=Cc1cc(Cl)c(OCC(C)(C)C)c(Cl)c1. The molecule has 5 nitrogen and oxygen atoms in total. The van der Waals surface area contributed by atoms with Crippen molar-refractivity contribution in [1.82, 2.24) is 9.66 Å². The van der Waals surface area contributed by atoms with Crippen LogP contribution in [0.5, 0.6) is 5.75 Å². The van der Waals surface area contributed by atoms with Crippen molar-refractivity contribution in [3.8, 4) is 5.75 Å². The lowest BCUT2D eigenvalue weighted by molar-refractivity contribution is 0.198. The number of fused-ring (bicyclic) bond motifs is 1. The fraction of sp³-hybridized carbons (Fsp3) is 0.348. The Morgan fingerprint density at radius 3 is 2.42 bits per heavy atom. The summed E-state index contributed by atoms with van der Waals surface area (Å²) in [6.07, 6.45) is 1.55. The molecule has 0 radical (unpaired) electrons. The number of ether oxygens (including phenoxy) is 1. The molecule has 0 fully saturated rings. The van der Waals surface area contributed by atoms with Gasteiger partial charge in [0.15, 0.2) is 5.75 Å². The number of nitrogens with zero attached hydrogens (tertiary/aromatic N) is 3. The van der Waals surface area contributed by atoms with E-state index < -0.39 is 0 Å². The van der Waals surface area contributed by atoms with Gasteiger partial charge < -0.3 is 4.74 Å². The smallest absolute Gasteiger partial charge is 0.282 e. The molecule has 0 atom stereocenters. The maximum Gasteiger partial charge on any atom is 0.282 e. The number of benzene rings is 2. The molecule has 3 rings (SSSR count). The van der Waals surface area contributed by atoms with Crippen LogP contribution in [-0.2, 0) is 0 Å². The average molecular weight is 525 g/mol. The first-order valence-corrected chi connectivity index (χ1v) is 11.4. The van der Waals surface area contributed by atoms with Crippen molar-refractivity contribution in [3.05, 3.63) is 66.6 Å². The monoisotopic (exact) mass is 523 g/mol. The van der Waals surface area contributed by atoms with E-state index in [-0.39, 0.29) is 16.9 Å². The number of hydrogen-bond donors (Lipinski definition) is 0. The number of aromatic nitrogens is 2. The Bertz CT molecular complexity index is 1190. The van der Waals surface area contributed by atoms with Crippen LogP contribution in [0.15, 0.2) is 44.7 Å². The second kappa shape index (κ2) is 9.31. The molecule has 2 aromatic carbocycles. The molecule has 0 amide bonds. The molecule has 0 saturated heterocycles. The van der Waals surface area contributed by atoms with E-state index in [9.17, 15) is 4.79 Å². The fourth-order valence-electron chi connectivity index (χ4n) is 2.86. The molecule has 0 aliphatic rings. The van der Waals surface area contributed by atoms with E-state index in [1.54, 1.807) is 24.4 Å². The quantitative estimate of drug-likeness (QED) is 0.341. The first-order valence-electron chi connectivity index (χ1n) is 9.84. The summed E-state index contributed by atoms with van der Waals surface area (Å²) in [6, 6.07) is 8.84. The van der Waals surface area contributed by atoms with Gasteiger partial charge in [0, 0.05) is 10.4 Å². The van der Waals surface area contributed by atoms with Gasteiger partial charge in [-0.3, -0.25) is 4.79 Å². The highest BCUT2D eigenvalue weighted by Gasteiger charge is 2.16. The lowest BCUT2D eigenvalue weighted by Gasteiger charge is -2.20.